The first-order chi connectivity index (χ1) is 17.9. The Labute approximate surface area is 227 Å². The molecule has 2 nitrogen and oxygen atoms in total. The Hall–Kier alpha value is -3.21. The molecule has 1 heterocycles. The van der Waals surface area contributed by atoms with Crippen molar-refractivity contribution < 1.29 is 13.7 Å². The zero-order valence-electron chi connectivity index (χ0n) is 23.4. The molecule has 0 radical (unpaired) electrons. The van der Waals surface area contributed by atoms with Crippen LogP contribution in [0.25, 0.3) is 33.4 Å². The average molecular weight is 506 g/mol. The van der Waals surface area contributed by atoms with Crippen LogP contribution in [0.15, 0.2) is 91.0 Å². The molecule has 4 heteroatoms. The van der Waals surface area contributed by atoms with E-state index in [1.807, 2.05) is 54.6 Å². The maximum atomic E-state index is 15.4. The minimum absolute atomic E-state index is 0.0794. The van der Waals surface area contributed by atoms with E-state index in [4.69, 9.17) is 9.31 Å². The molecule has 4 aromatic rings. The van der Waals surface area contributed by atoms with Crippen LogP contribution >= 0.6 is 0 Å². The van der Waals surface area contributed by atoms with Crippen molar-refractivity contribution >= 4 is 12.6 Å². The van der Waals surface area contributed by atoms with Gasteiger partial charge in [-0.3, -0.25) is 0 Å². The lowest BCUT2D eigenvalue weighted by Gasteiger charge is -2.32. The Bertz CT molecular complexity index is 1450. The summed E-state index contributed by atoms with van der Waals surface area (Å²) < 4.78 is 28.2. The maximum Gasteiger partial charge on any atom is 0.495 e. The molecule has 4 aromatic carbocycles. The van der Waals surface area contributed by atoms with E-state index in [0.29, 0.717) is 5.56 Å². The molecule has 194 valence electrons. The van der Waals surface area contributed by atoms with Crippen molar-refractivity contribution in [1.82, 2.24) is 0 Å². The molecule has 5 rings (SSSR count). The molecule has 1 aliphatic heterocycles. The highest BCUT2D eigenvalue weighted by Gasteiger charge is 2.52. The summed E-state index contributed by atoms with van der Waals surface area (Å²) in [5.41, 5.74) is 6.75. The van der Waals surface area contributed by atoms with Gasteiger partial charge in [0.1, 0.15) is 5.82 Å². The van der Waals surface area contributed by atoms with Crippen molar-refractivity contribution in [3.05, 3.63) is 102 Å². The lowest BCUT2D eigenvalue weighted by Crippen LogP contribution is -2.41. The molecule has 0 spiro atoms. The minimum Gasteiger partial charge on any atom is -0.399 e. The summed E-state index contributed by atoms with van der Waals surface area (Å²) in [6.07, 6.45) is 0. The summed E-state index contributed by atoms with van der Waals surface area (Å²) in [4.78, 5) is 0. The zero-order chi connectivity index (χ0) is 27.3. The number of hydrogen-bond acceptors (Lipinski definition) is 2. The molecule has 0 bridgehead atoms. The fourth-order valence-electron chi connectivity index (χ4n) is 4.94. The third-order valence-corrected chi connectivity index (χ3v) is 8.03. The standard InChI is InChI=1S/C34H36BFO2/c1-32(2,3)25-19-16-23(17-20-25)24-18-21-31(36)29(22-24)27-13-9-8-12-26(27)28-14-10-11-15-30(28)35-37-33(4,5)34(6,7)38-35/h8-22H,1-7H3. The van der Waals surface area contributed by atoms with Gasteiger partial charge in [-0.05, 0) is 84.1 Å². The summed E-state index contributed by atoms with van der Waals surface area (Å²) in [5.74, 6) is -0.249. The van der Waals surface area contributed by atoms with Gasteiger partial charge >= 0.3 is 7.12 Å². The highest BCUT2D eigenvalue weighted by Crippen LogP contribution is 2.39. The summed E-state index contributed by atoms with van der Waals surface area (Å²) >= 11 is 0. The predicted octanol–water partition coefficient (Wildman–Crippen LogP) is 8.42. The summed E-state index contributed by atoms with van der Waals surface area (Å²) in [7, 11) is -0.512. The van der Waals surface area contributed by atoms with Gasteiger partial charge in [-0.2, -0.15) is 0 Å². The monoisotopic (exact) mass is 506 g/mol. The second-order valence-corrected chi connectivity index (χ2v) is 12.2. The van der Waals surface area contributed by atoms with Gasteiger partial charge in [0.05, 0.1) is 11.2 Å². The van der Waals surface area contributed by atoms with E-state index in [0.717, 1.165) is 33.3 Å². The van der Waals surface area contributed by atoms with Crippen LogP contribution in [0.2, 0.25) is 0 Å². The molecule has 1 saturated heterocycles. The Morgan fingerprint density at radius 3 is 1.68 bits per heavy atom. The van der Waals surface area contributed by atoms with E-state index >= 15 is 4.39 Å². The van der Waals surface area contributed by atoms with E-state index in [1.165, 1.54) is 5.56 Å². The second-order valence-electron chi connectivity index (χ2n) is 12.2. The molecule has 0 saturated carbocycles. The molecule has 1 fully saturated rings. The van der Waals surface area contributed by atoms with Gasteiger partial charge in [0.15, 0.2) is 0 Å². The van der Waals surface area contributed by atoms with E-state index in [9.17, 15) is 0 Å². The van der Waals surface area contributed by atoms with Crippen LogP contribution in [0, 0.1) is 5.82 Å². The lowest BCUT2D eigenvalue weighted by atomic mass is 9.73. The zero-order valence-corrected chi connectivity index (χ0v) is 23.4. The van der Waals surface area contributed by atoms with Crippen LogP contribution in [-0.4, -0.2) is 18.3 Å². The third-order valence-electron chi connectivity index (χ3n) is 8.03. The van der Waals surface area contributed by atoms with Gasteiger partial charge in [-0.1, -0.05) is 99.6 Å². The highest BCUT2D eigenvalue weighted by molar-refractivity contribution is 6.64. The summed E-state index contributed by atoms with van der Waals surface area (Å²) in [6.45, 7) is 14.8. The van der Waals surface area contributed by atoms with E-state index in [2.05, 4.69) is 78.8 Å². The second kappa shape index (κ2) is 9.52. The smallest absolute Gasteiger partial charge is 0.399 e. The van der Waals surface area contributed by atoms with Gasteiger partial charge < -0.3 is 9.31 Å². The van der Waals surface area contributed by atoms with Crippen molar-refractivity contribution in [2.45, 2.75) is 65.1 Å². The fourth-order valence-corrected chi connectivity index (χ4v) is 4.94. The van der Waals surface area contributed by atoms with E-state index < -0.39 is 18.3 Å². The molecule has 1 aliphatic rings. The van der Waals surface area contributed by atoms with Gasteiger partial charge in [-0.15, -0.1) is 0 Å². The SMILES string of the molecule is CC(C)(C)c1ccc(-c2ccc(F)c(-c3ccccc3-c3ccccc3B3OC(C)(C)C(C)(C)O3)c2)cc1. The van der Waals surface area contributed by atoms with E-state index in [-0.39, 0.29) is 11.2 Å². The average Bonchev–Trinajstić information content (AvgIpc) is 3.10. The Balaban J connectivity index is 1.59. The Kier molecular flexibility index (Phi) is 6.61. The van der Waals surface area contributed by atoms with Crippen LogP contribution in [-0.2, 0) is 14.7 Å². The van der Waals surface area contributed by atoms with Crippen molar-refractivity contribution in [3.63, 3.8) is 0 Å². The van der Waals surface area contributed by atoms with Crippen LogP contribution in [0.3, 0.4) is 0 Å². The summed E-state index contributed by atoms with van der Waals surface area (Å²) in [5, 5.41) is 0. The number of halogens is 1. The quantitative estimate of drug-likeness (QED) is 0.259. The molecule has 0 aliphatic carbocycles. The Morgan fingerprint density at radius 2 is 1.11 bits per heavy atom. The maximum absolute atomic E-state index is 15.4. The minimum atomic E-state index is -0.512. The summed E-state index contributed by atoms with van der Waals surface area (Å²) in [6, 6.07) is 30.0. The lowest BCUT2D eigenvalue weighted by molar-refractivity contribution is 0.00578. The largest absolute Gasteiger partial charge is 0.495 e. The molecule has 0 amide bonds. The molecule has 0 atom stereocenters. The van der Waals surface area contributed by atoms with Crippen molar-refractivity contribution in [2.75, 3.05) is 0 Å². The van der Waals surface area contributed by atoms with Gasteiger partial charge in [0.2, 0.25) is 0 Å². The van der Waals surface area contributed by atoms with Crippen LogP contribution < -0.4 is 5.46 Å². The number of rotatable bonds is 4. The van der Waals surface area contributed by atoms with Crippen LogP contribution in [0.1, 0.15) is 54.0 Å². The third kappa shape index (κ3) is 4.84. The highest BCUT2D eigenvalue weighted by atomic mass is 19.1. The van der Waals surface area contributed by atoms with Crippen molar-refractivity contribution in [1.29, 1.82) is 0 Å². The van der Waals surface area contributed by atoms with Gasteiger partial charge in [-0.25, -0.2) is 4.39 Å². The van der Waals surface area contributed by atoms with Gasteiger partial charge in [0, 0.05) is 5.56 Å². The van der Waals surface area contributed by atoms with Crippen LogP contribution in [0.5, 0.6) is 0 Å². The number of hydrogen-bond donors (Lipinski definition) is 0. The fraction of sp³-hybridized carbons (Fsp3) is 0.294. The first-order valence-electron chi connectivity index (χ1n) is 13.3. The van der Waals surface area contributed by atoms with Crippen molar-refractivity contribution in [2.24, 2.45) is 0 Å². The molecule has 0 aromatic heterocycles. The van der Waals surface area contributed by atoms with E-state index in [1.54, 1.807) is 6.07 Å². The predicted molar refractivity (Wildman–Crippen MR) is 157 cm³/mol. The molecule has 0 N–H and O–H groups in total. The normalized spacial score (nSPS) is 16.6. The molecule has 38 heavy (non-hydrogen) atoms. The van der Waals surface area contributed by atoms with Crippen LogP contribution in [0.4, 0.5) is 4.39 Å². The topological polar surface area (TPSA) is 18.5 Å². The van der Waals surface area contributed by atoms with Crippen molar-refractivity contribution in [3.8, 4) is 33.4 Å². The molecule has 0 unspecified atom stereocenters. The molecular weight excluding hydrogens is 470 g/mol. The van der Waals surface area contributed by atoms with Gasteiger partial charge in [0.25, 0.3) is 0 Å². The first-order valence-corrected chi connectivity index (χ1v) is 13.3. The Morgan fingerprint density at radius 1 is 0.605 bits per heavy atom. The first kappa shape index (κ1) is 26.4. The molecular formula is C34H36BFO2. The number of benzene rings is 4.